The van der Waals surface area contributed by atoms with E-state index in [2.05, 4.69) is 25.6 Å². The zero-order chi connectivity index (χ0) is 21.3. The number of hydrogen-bond acceptors (Lipinski definition) is 5. The quantitative estimate of drug-likeness (QED) is 0.600. The van der Waals surface area contributed by atoms with Crippen molar-refractivity contribution in [2.24, 2.45) is 0 Å². The van der Waals surface area contributed by atoms with Crippen molar-refractivity contribution < 1.29 is 18.0 Å². The van der Waals surface area contributed by atoms with Crippen LogP contribution in [0.3, 0.4) is 0 Å². The Hall–Kier alpha value is -3.37. The van der Waals surface area contributed by atoms with E-state index in [0.29, 0.717) is 24.7 Å². The Bertz CT molecular complexity index is 1040. The second kappa shape index (κ2) is 7.81. The largest absolute Gasteiger partial charge is 0.432 e. The predicted molar refractivity (Wildman–Crippen MR) is 102 cm³/mol. The van der Waals surface area contributed by atoms with Gasteiger partial charge in [-0.3, -0.25) is 15.0 Å². The van der Waals surface area contributed by atoms with E-state index in [0.717, 1.165) is 30.3 Å². The van der Waals surface area contributed by atoms with Crippen molar-refractivity contribution in [2.75, 3.05) is 18.4 Å². The molecule has 3 N–H and O–H groups in total. The minimum atomic E-state index is -4.57. The van der Waals surface area contributed by atoms with E-state index in [1.165, 1.54) is 4.90 Å². The van der Waals surface area contributed by atoms with Gasteiger partial charge in [0, 0.05) is 42.5 Å². The van der Waals surface area contributed by atoms with Gasteiger partial charge in [0.25, 0.3) is 5.91 Å². The van der Waals surface area contributed by atoms with Crippen LogP contribution in [0, 0.1) is 6.92 Å². The molecule has 1 atom stereocenters. The molecule has 1 aliphatic heterocycles. The van der Waals surface area contributed by atoms with Crippen LogP contribution >= 0.6 is 0 Å². The number of aromatic nitrogens is 5. The lowest BCUT2D eigenvalue weighted by Crippen LogP contribution is -2.39. The number of amides is 1. The van der Waals surface area contributed by atoms with E-state index in [1.807, 2.05) is 36.3 Å². The third-order valence-electron chi connectivity index (χ3n) is 4.96. The molecule has 3 aromatic heterocycles. The number of anilines is 2. The van der Waals surface area contributed by atoms with Crippen LogP contribution in [0.1, 0.15) is 46.3 Å². The zero-order valence-electron chi connectivity index (χ0n) is 16.1. The number of nitrogens with one attached hydrogen (secondary N) is 3. The van der Waals surface area contributed by atoms with Gasteiger partial charge in [-0.15, -0.1) is 0 Å². The van der Waals surface area contributed by atoms with Crippen LogP contribution in [0.15, 0.2) is 30.3 Å². The second-order valence-electron chi connectivity index (χ2n) is 7.26. The van der Waals surface area contributed by atoms with Crippen molar-refractivity contribution in [1.82, 2.24) is 30.3 Å². The molecule has 1 saturated heterocycles. The van der Waals surface area contributed by atoms with Crippen molar-refractivity contribution in [3.63, 3.8) is 0 Å². The molecular weight excluding hydrogens is 399 g/mol. The van der Waals surface area contributed by atoms with Gasteiger partial charge < -0.3 is 10.2 Å². The number of halogens is 3. The number of alkyl halides is 3. The molecule has 1 aliphatic rings. The van der Waals surface area contributed by atoms with Crippen LogP contribution in [0.2, 0.25) is 0 Å². The Morgan fingerprint density at radius 2 is 2.03 bits per heavy atom. The molecule has 8 nitrogen and oxygen atoms in total. The first-order valence-electron chi connectivity index (χ1n) is 9.47. The molecule has 0 spiro atoms. The summed E-state index contributed by atoms with van der Waals surface area (Å²) >= 11 is 0. The number of aromatic amines is 2. The smallest absolute Gasteiger partial charge is 0.337 e. The Balaban J connectivity index is 1.46. The summed E-state index contributed by atoms with van der Waals surface area (Å²) < 4.78 is 38.3. The highest BCUT2D eigenvalue weighted by atomic mass is 19.4. The number of pyridine rings is 1. The summed E-state index contributed by atoms with van der Waals surface area (Å²) in [6.45, 7) is 2.73. The second-order valence-corrected chi connectivity index (χ2v) is 7.26. The van der Waals surface area contributed by atoms with Crippen molar-refractivity contribution >= 4 is 17.5 Å². The number of nitrogens with zero attached hydrogens (tertiary/aromatic N) is 4. The molecule has 0 radical (unpaired) electrons. The Morgan fingerprint density at radius 3 is 2.73 bits per heavy atom. The summed E-state index contributed by atoms with van der Waals surface area (Å²) in [5, 5.41) is 15.5. The van der Waals surface area contributed by atoms with E-state index in [-0.39, 0.29) is 11.6 Å². The van der Waals surface area contributed by atoms with Crippen molar-refractivity contribution in [1.29, 1.82) is 0 Å². The number of rotatable bonds is 4. The molecular formula is C19H20F3N7O. The fourth-order valence-corrected chi connectivity index (χ4v) is 3.50. The van der Waals surface area contributed by atoms with Crippen molar-refractivity contribution in [3.05, 3.63) is 53.1 Å². The molecule has 4 rings (SSSR count). The van der Waals surface area contributed by atoms with E-state index < -0.39 is 17.8 Å². The van der Waals surface area contributed by atoms with E-state index in [4.69, 9.17) is 0 Å². The summed E-state index contributed by atoms with van der Waals surface area (Å²) in [6.07, 6.45) is -3.01. The van der Waals surface area contributed by atoms with E-state index in [9.17, 15) is 18.0 Å². The molecule has 0 saturated carbocycles. The Kier molecular flexibility index (Phi) is 5.18. The molecule has 1 fully saturated rings. The number of piperidine rings is 1. The standard InChI is InChI=1S/C19H20F3N7O/c1-11-8-17(28-25-11)24-16-6-2-5-13(23-16)12-4-3-7-29(10-12)18(30)14-9-15(27-26-14)19(20,21)22/h2,5-6,8-9,12H,3-4,7,10H2,1H3,(H,26,27)(H2,23,24,25,28)/t12-/m0/s1. The molecule has 11 heteroatoms. The first-order chi connectivity index (χ1) is 14.3. The molecule has 0 bridgehead atoms. The van der Waals surface area contributed by atoms with E-state index >= 15 is 0 Å². The maximum Gasteiger partial charge on any atom is 0.432 e. The topological polar surface area (TPSA) is 103 Å². The molecule has 4 heterocycles. The predicted octanol–water partition coefficient (Wildman–Crippen LogP) is 3.62. The normalized spacial score (nSPS) is 17.2. The molecule has 3 aromatic rings. The number of H-pyrrole nitrogens is 2. The highest BCUT2D eigenvalue weighted by Gasteiger charge is 2.35. The zero-order valence-corrected chi connectivity index (χ0v) is 16.1. The summed E-state index contributed by atoms with van der Waals surface area (Å²) in [6, 6.07) is 8.18. The summed E-state index contributed by atoms with van der Waals surface area (Å²) in [5.41, 5.74) is 0.457. The Morgan fingerprint density at radius 1 is 1.20 bits per heavy atom. The van der Waals surface area contributed by atoms with Crippen LogP contribution in [0.4, 0.5) is 24.8 Å². The number of likely N-dealkylation sites (tertiary alicyclic amines) is 1. The van der Waals surface area contributed by atoms with Gasteiger partial charge in [-0.25, -0.2) is 4.98 Å². The maximum absolute atomic E-state index is 12.8. The lowest BCUT2D eigenvalue weighted by molar-refractivity contribution is -0.141. The molecule has 0 aromatic carbocycles. The average molecular weight is 419 g/mol. The minimum absolute atomic E-state index is 0.0219. The van der Waals surface area contributed by atoms with Crippen LogP contribution < -0.4 is 5.32 Å². The molecule has 1 amide bonds. The van der Waals surface area contributed by atoms with Gasteiger partial charge in [0.05, 0.1) is 0 Å². The number of aryl methyl sites for hydroxylation is 1. The first-order valence-corrected chi connectivity index (χ1v) is 9.47. The van der Waals surface area contributed by atoms with Gasteiger partial charge in [0.15, 0.2) is 11.5 Å². The molecule has 158 valence electrons. The van der Waals surface area contributed by atoms with Crippen LogP contribution in [-0.4, -0.2) is 49.3 Å². The van der Waals surface area contributed by atoms with Crippen LogP contribution in [0.25, 0.3) is 0 Å². The summed E-state index contributed by atoms with van der Waals surface area (Å²) in [5.74, 6) is 0.736. The highest BCUT2D eigenvalue weighted by molar-refractivity contribution is 5.92. The fraction of sp³-hybridized carbons (Fsp3) is 0.368. The monoisotopic (exact) mass is 419 g/mol. The van der Waals surface area contributed by atoms with Gasteiger partial charge in [-0.2, -0.15) is 23.4 Å². The van der Waals surface area contributed by atoms with E-state index in [1.54, 1.807) is 0 Å². The summed E-state index contributed by atoms with van der Waals surface area (Å²) in [4.78, 5) is 18.8. The first kappa shape index (κ1) is 19.9. The number of carbonyl (C=O) groups is 1. The SMILES string of the molecule is Cc1cc(Nc2cccc([C@H]3CCCN(C(=O)c4cc(C(F)(F)F)[nH]n4)C3)n2)n[nH]1. The van der Waals surface area contributed by atoms with Gasteiger partial charge in [0.2, 0.25) is 0 Å². The number of hydrogen-bond donors (Lipinski definition) is 3. The maximum atomic E-state index is 12.8. The van der Waals surface area contributed by atoms with Gasteiger partial charge in [0.1, 0.15) is 11.5 Å². The van der Waals surface area contributed by atoms with Crippen LogP contribution in [0.5, 0.6) is 0 Å². The third kappa shape index (κ3) is 4.29. The summed E-state index contributed by atoms with van der Waals surface area (Å²) in [7, 11) is 0. The molecule has 30 heavy (non-hydrogen) atoms. The van der Waals surface area contributed by atoms with Crippen molar-refractivity contribution in [3.8, 4) is 0 Å². The van der Waals surface area contributed by atoms with Gasteiger partial charge in [-0.05, 0) is 31.9 Å². The van der Waals surface area contributed by atoms with Gasteiger partial charge >= 0.3 is 6.18 Å². The molecule has 0 unspecified atom stereocenters. The molecule has 0 aliphatic carbocycles. The Labute approximate surface area is 169 Å². The minimum Gasteiger partial charge on any atom is -0.337 e. The fourth-order valence-electron chi connectivity index (χ4n) is 3.50. The highest BCUT2D eigenvalue weighted by Crippen LogP contribution is 2.30. The lowest BCUT2D eigenvalue weighted by atomic mass is 9.94. The lowest BCUT2D eigenvalue weighted by Gasteiger charge is -2.32. The van der Waals surface area contributed by atoms with Crippen LogP contribution in [-0.2, 0) is 6.18 Å². The number of carbonyl (C=O) groups excluding carboxylic acids is 1. The third-order valence-corrected chi connectivity index (χ3v) is 4.96. The van der Waals surface area contributed by atoms with Gasteiger partial charge in [-0.1, -0.05) is 6.07 Å². The average Bonchev–Trinajstić information content (AvgIpc) is 3.37. The van der Waals surface area contributed by atoms with Crippen molar-refractivity contribution in [2.45, 2.75) is 31.9 Å².